The predicted molar refractivity (Wildman–Crippen MR) is 148 cm³/mol. The Bertz CT molecular complexity index is 1640. The summed E-state index contributed by atoms with van der Waals surface area (Å²) >= 11 is 0. The first-order chi connectivity index (χ1) is 18.5. The first-order valence-electron chi connectivity index (χ1n) is 12.0. The maximum Gasteiger partial charge on any atom is 0.261 e. The molecule has 0 fully saturated rings. The zero-order valence-electron chi connectivity index (χ0n) is 21.2. The lowest BCUT2D eigenvalue weighted by molar-refractivity contribution is 0.102. The van der Waals surface area contributed by atoms with Crippen molar-refractivity contribution in [3.05, 3.63) is 101 Å². The number of rotatable bonds is 8. The van der Waals surface area contributed by atoms with Gasteiger partial charge in [-0.15, -0.1) is 0 Å². The topological polar surface area (TPSA) is 156 Å². The van der Waals surface area contributed by atoms with Crippen LogP contribution in [0.15, 0.2) is 83.8 Å². The van der Waals surface area contributed by atoms with Gasteiger partial charge in [0.1, 0.15) is 5.75 Å². The van der Waals surface area contributed by atoms with Crippen molar-refractivity contribution < 1.29 is 33.6 Å². The molecule has 9 nitrogen and oxygen atoms in total. The molecule has 0 bridgehead atoms. The molecular weight excluding hydrogens is 520 g/mol. The predicted octanol–water partition coefficient (Wildman–Crippen LogP) is 5.28. The van der Waals surface area contributed by atoms with Gasteiger partial charge in [-0.25, -0.2) is 8.42 Å². The number of sulfonamides is 1. The van der Waals surface area contributed by atoms with Gasteiger partial charge in [0.25, 0.3) is 15.9 Å². The van der Waals surface area contributed by atoms with Gasteiger partial charge in [0.05, 0.1) is 21.8 Å². The zero-order valence-corrected chi connectivity index (χ0v) is 22.0. The summed E-state index contributed by atoms with van der Waals surface area (Å²) < 4.78 is 28.8. The molecule has 0 aliphatic rings. The average Bonchev–Trinajstić information content (AvgIpc) is 2.90. The van der Waals surface area contributed by atoms with Gasteiger partial charge in [0.2, 0.25) is 5.75 Å². The number of hydrogen-bond acceptors (Lipinski definition) is 7. The van der Waals surface area contributed by atoms with Crippen molar-refractivity contribution >= 4 is 27.3 Å². The zero-order chi connectivity index (χ0) is 28.3. The molecule has 0 saturated heterocycles. The molecule has 0 saturated carbocycles. The third kappa shape index (κ3) is 5.91. The molecule has 0 radical (unpaired) electrons. The van der Waals surface area contributed by atoms with E-state index in [9.17, 15) is 33.6 Å². The molecule has 4 rings (SSSR count). The van der Waals surface area contributed by atoms with Gasteiger partial charge in [-0.05, 0) is 47.4 Å². The molecule has 6 N–H and O–H groups in total. The largest absolute Gasteiger partial charge is 0.506 e. The number of nitrogens with one attached hydrogen (secondary N) is 2. The van der Waals surface area contributed by atoms with Crippen LogP contribution >= 0.6 is 0 Å². The van der Waals surface area contributed by atoms with E-state index in [1.165, 1.54) is 12.1 Å². The number of para-hydroxylation sites is 1. The summed E-state index contributed by atoms with van der Waals surface area (Å²) in [5.74, 6) is -3.62. The molecule has 0 unspecified atom stereocenters. The van der Waals surface area contributed by atoms with E-state index < -0.39 is 38.9 Å². The standard InChI is InChI=1S/C29H28N2O7S/c1-17(2)21-10-6-7-11-23(21)31-39(37,38)20-12-13-25(32)24(16-20)30-29(36)22-15-19(26(33)28(35)27(22)34)14-18-8-4-3-5-9-18/h3-13,15-17,31-35H,14H2,1-2H3,(H,30,36). The maximum atomic E-state index is 13.1. The lowest BCUT2D eigenvalue weighted by atomic mass is 10.00. The van der Waals surface area contributed by atoms with Crippen molar-refractivity contribution in [1.82, 2.24) is 0 Å². The number of phenolic OH excluding ortho intramolecular Hbond substituents is 4. The van der Waals surface area contributed by atoms with E-state index in [0.29, 0.717) is 5.69 Å². The van der Waals surface area contributed by atoms with Crippen LogP contribution in [0, 0.1) is 0 Å². The van der Waals surface area contributed by atoms with Gasteiger partial charge in [-0.2, -0.15) is 0 Å². The first kappa shape index (κ1) is 27.3. The Hall–Kier alpha value is -4.70. The second kappa shape index (κ2) is 11.0. The Morgan fingerprint density at radius 2 is 1.46 bits per heavy atom. The molecule has 39 heavy (non-hydrogen) atoms. The third-order valence-electron chi connectivity index (χ3n) is 6.16. The fourth-order valence-electron chi connectivity index (χ4n) is 4.10. The highest BCUT2D eigenvalue weighted by Crippen LogP contribution is 2.41. The van der Waals surface area contributed by atoms with E-state index in [1.54, 1.807) is 36.4 Å². The molecule has 4 aromatic rings. The lowest BCUT2D eigenvalue weighted by Crippen LogP contribution is -2.16. The van der Waals surface area contributed by atoms with Gasteiger partial charge in [0.15, 0.2) is 11.5 Å². The van der Waals surface area contributed by atoms with Crippen LogP contribution in [0.1, 0.15) is 46.8 Å². The summed E-state index contributed by atoms with van der Waals surface area (Å²) in [5, 5.41) is 43.7. The minimum absolute atomic E-state index is 0.0553. The Morgan fingerprint density at radius 3 is 2.15 bits per heavy atom. The Kier molecular flexibility index (Phi) is 7.68. The molecule has 0 aliphatic carbocycles. The van der Waals surface area contributed by atoms with Gasteiger partial charge in [-0.3, -0.25) is 9.52 Å². The summed E-state index contributed by atoms with van der Waals surface area (Å²) in [6, 6.07) is 20.6. The van der Waals surface area contributed by atoms with Gasteiger partial charge < -0.3 is 25.7 Å². The molecule has 0 spiro atoms. The van der Waals surface area contributed by atoms with E-state index in [-0.39, 0.29) is 34.0 Å². The van der Waals surface area contributed by atoms with Crippen LogP contribution in [-0.4, -0.2) is 34.8 Å². The van der Waals surface area contributed by atoms with E-state index >= 15 is 0 Å². The van der Waals surface area contributed by atoms with Crippen LogP contribution in [0.4, 0.5) is 11.4 Å². The summed E-state index contributed by atoms with van der Waals surface area (Å²) in [6.07, 6.45) is 0.156. The number of benzene rings is 4. The van der Waals surface area contributed by atoms with Crippen molar-refractivity contribution in [2.75, 3.05) is 10.0 Å². The number of anilines is 2. The average molecular weight is 549 g/mol. The number of carbonyl (C=O) groups excluding carboxylic acids is 1. The molecule has 1 amide bonds. The third-order valence-corrected chi connectivity index (χ3v) is 7.53. The van der Waals surface area contributed by atoms with Crippen LogP contribution < -0.4 is 10.0 Å². The number of phenols is 4. The van der Waals surface area contributed by atoms with Crippen molar-refractivity contribution in [1.29, 1.82) is 0 Å². The minimum atomic E-state index is -4.11. The molecule has 0 aromatic heterocycles. The molecular formula is C29H28N2O7S. The Labute approximate surface area is 226 Å². The van der Waals surface area contributed by atoms with Crippen molar-refractivity contribution in [2.45, 2.75) is 31.1 Å². The minimum Gasteiger partial charge on any atom is -0.506 e. The summed E-state index contributed by atoms with van der Waals surface area (Å²) in [4.78, 5) is 12.9. The van der Waals surface area contributed by atoms with E-state index in [2.05, 4.69) is 10.0 Å². The van der Waals surface area contributed by atoms with Crippen LogP contribution in [0.25, 0.3) is 0 Å². The molecule has 202 valence electrons. The second-order valence-corrected chi connectivity index (χ2v) is 11.0. The monoisotopic (exact) mass is 548 g/mol. The van der Waals surface area contributed by atoms with Crippen LogP contribution in [0.2, 0.25) is 0 Å². The number of carbonyl (C=O) groups is 1. The highest BCUT2D eigenvalue weighted by atomic mass is 32.2. The lowest BCUT2D eigenvalue weighted by Gasteiger charge is -2.16. The van der Waals surface area contributed by atoms with E-state index in [1.807, 2.05) is 32.0 Å². The van der Waals surface area contributed by atoms with Crippen molar-refractivity contribution in [3.63, 3.8) is 0 Å². The number of aromatic hydroxyl groups is 4. The Morgan fingerprint density at radius 1 is 0.795 bits per heavy atom. The SMILES string of the molecule is CC(C)c1ccccc1NS(=O)(=O)c1ccc(O)c(NC(=O)c2cc(Cc3ccccc3)c(O)c(O)c2O)c1. The van der Waals surface area contributed by atoms with Crippen LogP contribution in [0.5, 0.6) is 23.0 Å². The van der Waals surface area contributed by atoms with Gasteiger partial charge in [0, 0.05) is 12.0 Å². The highest BCUT2D eigenvalue weighted by Gasteiger charge is 2.24. The summed E-state index contributed by atoms with van der Waals surface area (Å²) in [7, 11) is -4.11. The normalized spacial score (nSPS) is 11.4. The number of amides is 1. The number of hydrogen-bond donors (Lipinski definition) is 6. The fraction of sp³-hybridized carbons (Fsp3) is 0.138. The van der Waals surface area contributed by atoms with Crippen molar-refractivity contribution in [3.8, 4) is 23.0 Å². The first-order valence-corrected chi connectivity index (χ1v) is 13.5. The molecule has 0 aliphatic heterocycles. The molecule has 0 atom stereocenters. The molecule has 10 heteroatoms. The maximum absolute atomic E-state index is 13.1. The van der Waals surface area contributed by atoms with Gasteiger partial charge in [-0.1, -0.05) is 62.4 Å². The second-order valence-electron chi connectivity index (χ2n) is 9.27. The molecule has 4 aromatic carbocycles. The van der Waals surface area contributed by atoms with Gasteiger partial charge >= 0.3 is 0 Å². The van der Waals surface area contributed by atoms with E-state index in [0.717, 1.165) is 23.3 Å². The van der Waals surface area contributed by atoms with Crippen molar-refractivity contribution in [2.24, 2.45) is 0 Å². The summed E-state index contributed by atoms with van der Waals surface area (Å²) in [5.41, 5.74) is 1.54. The Balaban J connectivity index is 1.64. The quantitative estimate of drug-likeness (QED) is 0.164. The summed E-state index contributed by atoms with van der Waals surface area (Å²) in [6.45, 7) is 3.87. The fourth-order valence-corrected chi connectivity index (χ4v) is 5.21. The van der Waals surface area contributed by atoms with Crippen LogP contribution in [0.3, 0.4) is 0 Å². The van der Waals surface area contributed by atoms with E-state index in [4.69, 9.17) is 0 Å². The highest BCUT2D eigenvalue weighted by molar-refractivity contribution is 7.92. The smallest absolute Gasteiger partial charge is 0.261 e. The van der Waals surface area contributed by atoms with Crippen LogP contribution in [-0.2, 0) is 16.4 Å². The molecule has 0 heterocycles.